The summed E-state index contributed by atoms with van der Waals surface area (Å²) in [6.07, 6.45) is 6.96. The molecule has 0 spiro atoms. The van der Waals surface area contributed by atoms with Crippen LogP contribution in [-0.2, 0) is 24.2 Å². The molecule has 3 aromatic rings. The van der Waals surface area contributed by atoms with Crippen LogP contribution in [0, 0.1) is 0 Å². The van der Waals surface area contributed by atoms with Crippen LogP contribution >= 0.6 is 11.3 Å². The highest BCUT2D eigenvalue weighted by Gasteiger charge is 2.41. The molecule has 0 aliphatic carbocycles. The van der Waals surface area contributed by atoms with Gasteiger partial charge in [0.1, 0.15) is 5.82 Å². The highest BCUT2D eigenvalue weighted by Crippen LogP contribution is 2.33. The molecule has 1 saturated heterocycles. The highest BCUT2D eigenvalue weighted by molar-refractivity contribution is 7.10. The van der Waals surface area contributed by atoms with Crippen LogP contribution in [0.3, 0.4) is 0 Å². The quantitative estimate of drug-likeness (QED) is 0.716. The molecule has 6 nitrogen and oxygen atoms in total. The van der Waals surface area contributed by atoms with Gasteiger partial charge in [0, 0.05) is 41.8 Å². The standard InChI is InChI=1S/C19H19N5OS/c25-18(10-16-4-2-8-26-16)24-14-5-6-15(24)12-23-17(9-14)21-22-19(23)13-3-1-7-20-11-13/h1-4,7-8,11,14-15H,5-6,9-10,12H2. The molecule has 2 unspecified atom stereocenters. The molecule has 5 heterocycles. The predicted molar refractivity (Wildman–Crippen MR) is 98.6 cm³/mol. The van der Waals surface area contributed by atoms with Gasteiger partial charge in [0.05, 0.1) is 12.5 Å². The summed E-state index contributed by atoms with van der Waals surface area (Å²) in [5.74, 6) is 2.07. The van der Waals surface area contributed by atoms with Crippen molar-refractivity contribution in [2.75, 3.05) is 0 Å². The van der Waals surface area contributed by atoms with Crippen LogP contribution in [0.1, 0.15) is 23.5 Å². The molecule has 1 amide bonds. The molecule has 2 atom stereocenters. The number of hydrogen-bond acceptors (Lipinski definition) is 5. The number of fused-ring (bicyclic) bond motifs is 3. The zero-order chi connectivity index (χ0) is 17.5. The normalized spacial score (nSPS) is 21.5. The summed E-state index contributed by atoms with van der Waals surface area (Å²) in [6.45, 7) is 0.763. The van der Waals surface area contributed by atoms with E-state index in [2.05, 4.69) is 24.6 Å². The second kappa shape index (κ2) is 6.32. The highest BCUT2D eigenvalue weighted by atomic mass is 32.1. The van der Waals surface area contributed by atoms with E-state index in [1.165, 1.54) is 0 Å². The summed E-state index contributed by atoms with van der Waals surface area (Å²) < 4.78 is 2.19. The van der Waals surface area contributed by atoms with Crippen LogP contribution in [0.4, 0.5) is 0 Å². The van der Waals surface area contributed by atoms with Crippen LogP contribution < -0.4 is 0 Å². The van der Waals surface area contributed by atoms with Gasteiger partial charge in [-0.1, -0.05) is 6.07 Å². The van der Waals surface area contributed by atoms with Crippen molar-refractivity contribution < 1.29 is 4.79 Å². The Morgan fingerprint density at radius 1 is 1.19 bits per heavy atom. The summed E-state index contributed by atoms with van der Waals surface area (Å²) in [7, 11) is 0. The van der Waals surface area contributed by atoms with E-state index in [1.54, 1.807) is 17.5 Å². The zero-order valence-corrected chi connectivity index (χ0v) is 15.1. The van der Waals surface area contributed by atoms with Crippen LogP contribution in [-0.4, -0.2) is 42.6 Å². The van der Waals surface area contributed by atoms with Gasteiger partial charge in [0.25, 0.3) is 0 Å². The van der Waals surface area contributed by atoms with Gasteiger partial charge < -0.3 is 9.47 Å². The maximum atomic E-state index is 13.0. The third kappa shape index (κ3) is 2.63. The second-order valence-corrected chi connectivity index (χ2v) is 7.97. The Hall–Kier alpha value is -2.54. The van der Waals surface area contributed by atoms with Crippen molar-refractivity contribution in [1.29, 1.82) is 0 Å². The number of thiophene rings is 1. The molecule has 0 radical (unpaired) electrons. The topological polar surface area (TPSA) is 63.9 Å². The van der Waals surface area contributed by atoms with Crippen LogP contribution in [0.25, 0.3) is 11.4 Å². The van der Waals surface area contributed by atoms with E-state index in [-0.39, 0.29) is 18.0 Å². The van der Waals surface area contributed by atoms with E-state index in [1.807, 2.05) is 35.8 Å². The van der Waals surface area contributed by atoms with Gasteiger partial charge in [-0.25, -0.2) is 0 Å². The summed E-state index contributed by atoms with van der Waals surface area (Å²) in [4.78, 5) is 20.4. The number of amides is 1. The molecule has 0 aromatic carbocycles. The molecule has 0 saturated carbocycles. The Morgan fingerprint density at radius 2 is 2.12 bits per heavy atom. The van der Waals surface area contributed by atoms with E-state index < -0.39 is 0 Å². The number of hydrogen-bond donors (Lipinski definition) is 0. The van der Waals surface area contributed by atoms with E-state index >= 15 is 0 Å². The fourth-order valence-electron chi connectivity index (χ4n) is 4.21. The van der Waals surface area contributed by atoms with Crippen molar-refractivity contribution in [2.45, 2.75) is 44.3 Å². The van der Waals surface area contributed by atoms with E-state index in [4.69, 9.17) is 0 Å². The lowest BCUT2D eigenvalue weighted by atomic mass is 10.1. The van der Waals surface area contributed by atoms with Crippen molar-refractivity contribution >= 4 is 17.2 Å². The number of aromatic nitrogens is 4. The molecule has 7 heteroatoms. The van der Waals surface area contributed by atoms with Crippen molar-refractivity contribution in [1.82, 2.24) is 24.6 Å². The minimum Gasteiger partial charge on any atom is -0.334 e. The number of pyridine rings is 1. The van der Waals surface area contributed by atoms with Gasteiger partial charge in [-0.2, -0.15) is 0 Å². The monoisotopic (exact) mass is 365 g/mol. The van der Waals surface area contributed by atoms with E-state index in [9.17, 15) is 4.79 Å². The molecule has 1 fully saturated rings. The molecular formula is C19H19N5OS. The first-order valence-electron chi connectivity index (χ1n) is 8.95. The SMILES string of the molecule is O=C(Cc1cccs1)N1C2CCC1Cn1c(nnc1-c1cccnc1)C2. The maximum absolute atomic E-state index is 13.0. The number of carbonyl (C=O) groups is 1. The average molecular weight is 365 g/mol. The number of carbonyl (C=O) groups excluding carboxylic acids is 1. The van der Waals surface area contributed by atoms with E-state index in [0.29, 0.717) is 6.42 Å². The lowest BCUT2D eigenvalue weighted by molar-refractivity contribution is -0.133. The van der Waals surface area contributed by atoms with Gasteiger partial charge in [-0.3, -0.25) is 9.78 Å². The largest absolute Gasteiger partial charge is 0.334 e. The molecule has 132 valence electrons. The van der Waals surface area contributed by atoms with Crippen molar-refractivity contribution in [3.05, 3.63) is 52.7 Å². The Labute approximate surface area is 155 Å². The lowest BCUT2D eigenvalue weighted by Gasteiger charge is -2.28. The fraction of sp³-hybridized carbons (Fsp3) is 0.368. The molecule has 26 heavy (non-hydrogen) atoms. The first-order valence-corrected chi connectivity index (χ1v) is 9.83. The third-order valence-electron chi connectivity index (χ3n) is 5.37. The molecule has 0 N–H and O–H groups in total. The van der Waals surface area contributed by atoms with Crippen molar-refractivity contribution in [2.24, 2.45) is 0 Å². The Balaban J connectivity index is 1.44. The zero-order valence-electron chi connectivity index (χ0n) is 14.3. The summed E-state index contributed by atoms with van der Waals surface area (Å²) in [5.41, 5.74) is 0.973. The number of nitrogens with zero attached hydrogens (tertiary/aromatic N) is 5. The van der Waals surface area contributed by atoms with Crippen molar-refractivity contribution in [3.63, 3.8) is 0 Å². The van der Waals surface area contributed by atoms with Gasteiger partial charge in [-0.05, 0) is 36.4 Å². The van der Waals surface area contributed by atoms with E-state index in [0.717, 1.165) is 47.9 Å². The molecule has 2 aliphatic rings. The van der Waals surface area contributed by atoms with Crippen LogP contribution in [0.5, 0.6) is 0 Å². The summed E-state index contributed by atoms with van der Waals surface area (Å²) >= 11 is 1.65. The van der Waals surface area contributed by atoms with Crippen molar-refractivity contribution in [3.8, 4) is 11.4 Å². The molecule has 3 aromatic heterocycles. The molecule has 5 rings (SSSR count). The smallest absolute Gasteiger partial charge is 0.228 e. The first-order chi connectivity index (χ1) is 12.8. The van der Waals surface area contributed by atoms with Crippen LogP contribution in [0.15, 0.2) is 42.0 Å². The van der Waals surface area contributed by atoms with Gasteiger partial charge >= 0.3 is 0 Å². The Kier molecular flexibility index (Phi) is 3.81. The van der Waals surface area contributed by atoms with Crippen LogP contribution in [0.2, 0.25) is 0 Å². The summed E-state index contributed by atoms with van der Waals surface area (Å²) in [6, 6.07) is 8.42. The summed E-state index contributed by atoms with van der Waals surface area (Å²) in [5, 5.41) is 10.9. The Morgan fingerprint density at radius 3 is 2.92 bits per heavy atom. The third-order valence-corrected chi connectivity index (χ3v) is 6.25. The first kappa shape index (κ1) is 15.7. The second-order valence-electron chi connectivity index (χ2n) is 6.94. The number of rotatable bonds is 3. The minimum atomic E-state index is 0.222. The van der Waals surface area contributed by atoms with Gasteiger partial charge in [0.2, 0.25) is 5.91 Å². The minimum absolute atomic E-state index is 0.222. The lowest BCUT2D eigenvalue weighted by Crippen LogP contribution is -2.42. The van der Waals surface area contributed by atoms with Gasteiger partial charge in [0.15, 0.2) is 5.82 Å². The molecule has 2 aliphatic heterocycles. The molecular weight excluding hydrogens is 346 g/mol. The van der Waals surface area contributed by atoms with Gasteiger partial charge in [-0.15, -0.1) is 21.5 Å². The molecule has 2 bridgehead atoms. The Bertz CT molecular complexity index is 921. The predicted octanol–water partition coefficient (Wildman–Crippen LogP) is 2.56. The average Bonchev–Trinajstić information content (AvgIpc) is 3.35. The maximum Gasteiger partial charge on any atom is 0.228 e. The fourth-order valence-corrected chi connectivity index (χ4v) is 4.91.